The van der Waals surface area contributed by atoms with Gasteiger partial charge in [0.05, 0.1) is 16.9 Å². The maximum absolute atomic E-state index is 12.7. The van der Waals surface area contributed by atoms with Crippen molar-refractivity contribution in [2.24, 2.45) is 0 Å². The van der Waals surface area contributed by atoms with Crippen molar-refractivity contribution in [1.82, 2.24) is 4.98 Å². The lowest BCUT2D eigenvalue weighted by Gasteiger charge is -2.09. The predicted octanol–water partition coefficient (Wildman–Crippen LogP) is 5.39. The Bertz CT molecular complexity index is 868. The van der Waals surface area contributed by atoms with Crippen molar-refractivity contribution in [3.63, 3.8) is 0 Å². The summed E-state index contributed by atoms with van der Waals surface area (Å²) >= 11 is 7.76. The zero-order valence-corrected chi connectivity index (χ0v) is 14.6. The number of nitrogens with one attached hydrogen (secondary N) is 1. The minimum Gasteiger partial charge on any atom is -0.324 e. The highest BCUT2D eigenvalue weighted by Crippen LogP contribution is 2.28. The van der Waals surface area contributed by atoms with E-state index in [1.807, 2.05) is 49.4 Å². The van der Waals surface area contributed by atoms with Gasteiger partial charge in [-0.25, -0.2) is 0 Å². The van der Waals surface area contributed by atoms with Crippen molar-refractivity contribution < 1.29 is 4.79 Å². The highest BCUT2D eigenvalue weighted by molar-refractivity contribution is 8.00. The molecule has 120 valence electrons. The number of ketones is 1. The third-order valence-electron chi connectivity index (χ3n) is 3.52. The molecule has 0 bridgehead atoms. The van der Waals surface area contributed by atoms with Gasteiger partial charge in [0.25, 0.3) is 0 Å². The van der Waals surface area contributed by atoms with E-state index >= 15 is 0 Å². The fourth-order valence-electron chi connectivity index (χ4n) is 2.26. The van der Waals surface area contributed by atoms with Crippen molar-refractivity contribution in [2.45, 2.75) is 11.8 Å². The summed E-state index contributed by atoms with van der Waals surface area (Å²) in [5.41, 5.74) is 3.03. The Morgan fingerprint density at radius 3 is 2.62 bits per heavy atom. The van der Waals surface area contributed by atoms with E-state index in [0.29, 0.717) is 16.1 Å². The number of aryl methyl sites for hydroxylation is 1. The van der Waals surface area contributed by atoms with Crippen LogP contribution in [0.25, 0.3) is 0 Å². The Morgan fingerprint density at radius 1 is 1.08 bits per heavy atom. The van der Waals surface area contributed by atoms with Crippen LogP contribution < -0.4 is 4.72 Å². The molecule has 0 atom stereocenters. The number of rotatable bonds is 5. The first-order valence-corrected chi connectivity index (χ1v) is 8.57. The van der Waals surface area contributed by atoms with Crippen LogP contribution in [0, 0.1) is 6.92 Å². The fraction of sp³-hybridized carbons (Fsp3) is 0.0526. The molecule has 0 amide bonds. The molecule has 5 heteroatoms. The number of hydrogen-bond acceptors (Lipinski definition) is 4. The number of halogens is 1. The molecule has 0 fully saturated rings. The van der Waals surface area contributed by atoms with E-state index in [9.17, 15) is 4.79 Å². The van der Waals surface area contributed by atoms with Crippen molar-refractivity contribution in [2.75, 3.05) is 4.72 Å². The molecule has 2 aromatic carbocycles. The number of carbonyl (C=O) groups excluding carboxylic acids is 1. The molecule has 0 radical (unpaired) electrons. The molecule has 0 aliphatic rings. The topological polar surface area (TPSA) is 42.0 Å². The summed E-state index contributed by atoms with van der Waals surface area (Å²) in [6.45, 7) is 1.92. The van der Waals surface area contributed by atoms with E-state index in [1.54, 1.807) is 24.5 Å². The molecule has 3 rings (SSSR count). The summed E-state index contributed by atoms with van der Waals surface area (Å²) in [6, 6.07) is 16.7. The van der Waals surface area contributed by atoms with E-state index in [1.165, 1.54) is 11.9 Å². The number of pyridine rings is 1. The first kappa shape index (κ1) is 16.6. The molecule has 3 aromatic rings. The molecule has 24 heavy (non-hydrogen) atoms. The van der Waals surface area contributed by atoms with Gasteiger partial charge in [0.1, 0.15) is 0 Å². The summed E-state index contributed by atoms with van der Waals surface area (Å²) in [4.78, 5) is 17.6. The predicted molar refractivity (Wildman–Crippen MR) is 99.8 cm³/mol. The minimum atomic E-state index is -0.0603. The van der Waals surface area contributed by atoms with E-state index in [-0.39, 0.29) is 5.78 Å². The summed E-state index contributed by atoms with van der Waals surface area (Å²) in [5, 5.41) is 0.446. The molecule has 0 spiro atoms. The molecule has 1 aromatic heterocycles. The maximum Gasteiger partial charge on any atom is 0.194 e. The van der Waals surface area contributed by atoms with Gasteiger partial charge in [-0.1, -0.05) is 35.9 Å². The Hall–Kier alpha value is -2.30. The standard InChI is InChI=1S/C19H15ClN2OS/c1-13-5-2-3-7-16(13)19(23)17-9-8-15(11-18(17)20)24-22-14-6-4-10-21-12-14/h2-12,22H,1H3. The van der Waals surface area contributed by atoms with Crippen LogP contribution >= 0.6 is 23.5 Å². The minimum absolute atomic E-state index is 0.0603. The highest BCUT2D eigenvalue weighted by Gasteiger charge is 2.15. The molecular formula is C19H15ClN2OS. The van der Waals surface area contributed by atoms with Crippen LogP contribution in [-0.4, -0.2) is 10.8 Å². The van der Waals surface area contributed by atoms with Crippen LogP contribution in [0.2, 0.25) is 5.02 Å². The molecule has 3 nitrogen and oxygen atoms in total. The lowest BCUT2D eigenvalue weighted by atomic mass is 9.99. The summed E-state index contributed by atoms with van der Waals surface area (Å²) in [5.74, 6) is -0.0603. The zero-order valence-electron chi connectivity index (χ0n) is 13.0. The van der Waals surface area contributed by atoms with Gasteiger partial charge in [-0.15, -0.1) is 0 Å². The lowest BCUT2D eigenvalue weighted by molar-refractivity contribution is 0.103. The monoisotopic (exact) mass is 354 g/mol. The average molecular weight is 355 g/mol. The SMILES string of the molecule is Cc1ccccc1C(=O)c1ccc(SNc2cccnc2)cc1Cl. The Balaban J connectivity index is 1.77. The molecule has 1 heterocycles. The van der Waals surface area contributed by atoms with Crippen LogP contribution in [-0.2, 0) is 0 Å². The first-order chi connectivity index (χ1) is 11.6. The molecule has 0 saturated heterocycles. The van der Waals surface area contributed by atoms with Gasteiger partial charge < -0.3 is 4.72 Å². The molecule has 0 aliphatic heterocycles. The van der Waals surface area contributed by atoms with Crippen LogP contribution in [0.3, 0.4) is 0 Å². The molecular weight excluding hydrogens is 340 g/mol. The van der Waals surface area contributed by atoms with Crippen LogP contribution in [0.5, 0.6) is 0 Å². The largest absolute Gasteiger partial charge is 0.324 e. The number of aromatic nitrogens is 1. The van der Waals surface area contributed by atoms with Gasteiger partial charge in [-0.2, -0.15) is 0 Å². The van der Waals surface area contributed by atoms with Crippen molar-refractivity contribution in [3.05, 3.63) is 88.7 Å². The van der Waals surface area contributed by atoms with Crippen molar-refractivity contribution >= 4 is 35.0 Å². The third-order valence-corrected chi connectivity index (χ3v) is 4.66. The number of hydrogen-bond donors (Lipinski definition) is 1. The van der Waals surface area contributed by atoms with Crippen molar-refractivity contribution in [1.29, 1.82) is 0 Å². The van der Waals surface area contributed by atoms with Gasteiger partial charge in [0, 0.05) is 22.2 Å². The van der Waals surface area contributed by atoms with E-state index < -0.39 is 0 Å². The highest BCUT2D eigenvalue weighted by atomic mass is 35.5. The van der Waals surface area contributed by atoms with Crippen LogP contribution in [0.4, 0.5) is 5.69 Å². The van der Waals surface area contributed by atoms with Gasteiger partial charge in [-0.05, 0) is 54.8 Å². The molecule has 0 saturated carbocycles. The average Bonchev–Trinajstić information content (AvgIpc) is 2.61. The van der Waals surface area contributed by atoms with Gasteiger partial charge in [0.15, 0.2) is 5.78 Å². The van der Waals surface area contributed by atoms with Gasteiger partial charge in [-0.3, -0.25) is 9.78 Å². The lowest BCUT2D eigenvalue weighted by Crippen LogP contribution is -2.04. The second-order valence-electron chi connectivity index (χ2n) is 5.23. The summed E-state index contributed by atoms with van der Waals surface area (Å²) in [7, 11) is 0. The molecule has 0 aliphatic carbocycles. The normalized spacial score (nSPS) is 10.4. The third kappa shape index (κ3) is 3.78. The first-order valence-electron chi connectivity index (χ1n) is 7.38. The fourth-order valence-corrected chi connectivity index (χ4v) is 3.26. The molecule has 1 N–H and O–H groups in total. The van der Waals surface area contributed by atoms with E-state index in [2.05, 4.69) is 9.71 Å². The summed E-state index contributed by atoms with van der Waals surface area (Å²) < 4.78 is 3.19. The van der Waals surface area contributed by atoms with Gasteiger partial charge >= 0.3 is 0 Å². The second-order valence-corrected chi connectivity index (χ2v) is 6.52. The maximum atomic E-state index is 12.7. The number of nitrogens with zero attached hydrogens (tertiary/aromatic N) is 1. The number of benzene rings is 2. The van der Waals surface area contributed by atoms with Crippen molar-refractivity contribution in [3.8, 4) is 0 Å². The second kappa shape index (κ2) is 7.51. The van der Waals surface area contributed by atoms with Gasteiger partial charge in [0.2, 0.25) is 0 Å². The van der Waals surface area contributed by atoms with E-state index in [0.717, 1.165) is 16.1 Å². The van der Waals surface area contributed by atoms with E-state index in [4.69, 9.17) is 11.6 Å². The zero-order chi connectivity index (χ0) is 16.9. The number of anilines is 1. The van der Waals surface area contributed by atoms with Crippen LogP contribution in [0.15, 0.2) is 71.9 Å². The number of carbonyl (C=O) groups is 1. The smallest absolute Gasteiger partial charge is 0.194 e. The summed E-state index contributed by atoms with van der Waals surface area (Å²) in [6.07, 6.45) is 3.46. The Labute approximate surface area is 150 Å². The quantitative estimate of drug-likeness (QED) is 0.492. The Kier molecular flexibility index (Phi) is 5.18. The molecule has 0 unspecified atom stereocenters. The Morgan fingerprint density at radius 2 is 1.92 bits per heavy atom. The van der Waals surface area contributed by atoms with Crippen LogP contribution in [0.1, 0.15) is 21.5 Å².